The van der Waals surface area contributed by atoms with E-state index in [0.717, 1.165) is 25.5 Å². The number of ether oxygens (including phenoxy) is 1. The van der Waals surface area contributed by atoms with Gasteiger partial charge in [0.25, 0.3) is 0 Å². The first-order valence-electron chi connectivity index (χ1n) is 6.19. The van der Waals surface area contributed by atoms with Crippen LogP contribution in [0.5, 0.6) is 0 Å². The molecule has 0 radical (unpaired) electrons. The zero-order valence-corrected chi connectivity index (χ0v) is 11.4. The monoisotopic (exact) mass is 243 g/mol. The number of aliphatic imine (C=N–C) groups is 1. The smallest absolute Gasteiger partial charge is 0.307 e. The molecule has 0 amide bonds. The number of nitrogens with zero attached hydrogens (tertiary/aromatic N) is 1. The molecule has 0 rings (SSSR count). The van der Waals surface area contributed by atoms with Gasteiger partial charge >= 0.3 is 5.97 Å². The lowest BCUT2D eigenvalue weighted by Gasteiger charge is -2.11. The van der Waals surface area contributed by atoms with Gasteiger partial charge in [0.2, 0.25) is 0 Å². The molecule has 0 unspecified atom stereocenters. The molecular weight excluding hydrogens is 218 g/mol. The molecule has 100 valence electrons. The second-order valence-corrected chi connectivity index (χ2v) is 4.20. The van der Waals surface area contributed by atoms with E-state index in [0.29, 0.717) is 18.9 Å². The number of carbonyl (C=O) groups is 1. The Morgan fingerprint density at radius 3 is 2.59 bits per heavy atom. The summed E-state index contributed by atoms with van der Waals surface area (Å²) in [7, 11) is 1.39. The lowest BCUT2D eigenvalue weighted by atomic mass is 10.1. The number of nitrogens with one attached hydrogen (secondary N) is 2. The molecule has 0 aliphatic heterocycles. The Labute approximate surface area is 104 Å². The standard InChI is InChI=1S/C12H25N3O2/c1-5-13-12(14-8-6-10(2)3)15-9-7-11(16)17-4/h10H,5-9H2,1-4H3,(H2,13,14,15). The van der Waals surface area contributed by atoms with Crippen LogP contribution in [0.1, 0.15) is 33.6 Å². The Balaban J connectivity index is 3.92. The van der Waals surface area contributed by atoms with Gasteiger partial charge in [-0.25, -0.2) is 0 Å². The molecule has 0 aromatic heterocycles. The molecule has 0 bridgehead atoms. The quantitative estimate of drug-likeness (QED) is 0.400. The van der Waals surface area contributed by atoms with E-state index in [1.807, 2.05) is 6.92 Å². The van der Waals surface area contributed by atoms with Crippen LogP contribution >= 0.6 is 0 Å². The summed E-state index contributed by atoms with van der Waals surface area (Å²) in [6.07, 6.45) is 1.42. The average Bonchev–Trinajstić information content (AvgIpc) is 2.28. The fourth-order valence-electron chi connectivity index (χ4n) is 1.16. The van der Waals surface area contributed by atoms with Gasteiger partial charge in [0.15, 0.2) is 5.96 Å². The third-order valence-electron chi connectivity index (χ3n) is 2.17. The highest BCUT2D eigenvalue weighted by molar-refractivity contribution is 5.80. The summed E-state index contributed by atoms with van der Waals surface area (Å²) in [5, 5.41) is 6.23. The summed E-state index contributed by atoms with van der Waals surface area (Å²) in [4.78, 5) is 15.4. The van der Waals surface area contributed by atoms with E-state index in [4.69, 9.17) is 0 Å². The van der Waals surface area contributed by atoms with Crippen molar-refractivity contribution in [2.75, 3.05) is 26.7 Å². The Kier molecular flexibility index (Phi) is 9.19. The van der Waals surface area contributed by atoms with Gasteiger partial charge in [0.05, 0.1) is 13.5 Å². The molecule has 0 aromatic carbocycles. The Bertz CT molecular complexity index is 240. The van der Waals surface area contributed by atoms with Crippen LogP contribution in [0, 0.1) is 5.92 Å². The molecule has 0 heterocycles. The molecule has 0 fully saturated rings. The molecule has 0 saturated carbocycles. The number of carbonyl (C=O) groups excluding carboxylic acids is 1. The van der Waals surface area contributed by atoms with Gasteiger partial charge in [0.1, 0.15) is 0 Å². The lowest BCUT2D eigenvalue weighted by molar-refractivity contribution is -0.140. The first kappa shape index (κ1) is 15.7. The van der Waals surface area contributed by atoms with Crippen LogP contribution in [0.15, 0.2) is 4.99 Å². The second kappa shape index (κ2) is 9.93. The summed E-state index contributed by atoms with van der Waals surface area (Å²) in [5.41, 5.74) is 0. The van der Waals surface area contributed by atoms with E-state index in [9.17, 15) is 4.79 Å². The maximum atomic E-state index is 10.9. The highest BCUT2D eigenvalue weighted by atomic mass is 16.5. The number of guanidine groups is 1. The van der Waals surface area contributed by atoms with Gasteiger partial charge in [-0.3, -0.25) is 9.79 Å². The third kappa shape index (κ3) is 9.66. The summed E-state index contributed by atoms with van der Waals surface area (Å²) in [5.74, 6) is 1.20. The molecular formula is C12H25N3O2. The fraction of sp³-hybridized carbons (Fsp3) is 0.833. The molecule has 0 aliphatic rings. The van der Waals surface area contributed by atoms with Crippen LogP contribution < -0.4 is 10.6 Å². The summed E-state index contributed by atoms with van der Waals surface area (Å²) >= 11 is 0. The summed E-state index contributed by atoms with van der Waals surface area (Å²) in [6, 6.07) is 0. The Morgan fingerprint density at radius 2 is 2.06 bits per heavy atom. The Hall–Kier alpha value is -1.26. The molecule has 2 N–H and O–H groups in total. The highest BCUT2D eigenvalue weighted by Gasteiger charge is 2.01. The SMILES string of the molecule is CCNC(=NCCC(C)C)NCCC(=O)OC. The molecule has 17 heavy (non-hydrogen) atoms. The van der Waals surface area contributed by atoms with Gasteiger partial charge in [-0.05, 0) is 19.3 Å². The molecule has 0 atom stereocenters. The van der Waals surface area contributed by atoms with Crippen molar-refractivity contribution in [2.24, 2.45) is 10.9 Å². The first-order chi connectivity index (χ1) is 8.10. The van der Waals surface area contributed by atoms with Crippen LogP contribution in [-0.2, 0) is 9.53 Å². The van der Waals surface area contributed by atoms with Crippen molar-refractivity contribution in [1.29, 1.82) is 0 Å². The second-order valence-electron chi connectivity index (χ2n) is 4.20. The molecule has 5 heteroatoms. The van der Waals surface area contributed by atoms with Crippen molar-refractivity contribution in [3.8, 4) is 0 Å². The predicted molar refractivity (Wildman–Crippen MR) is 70.1 cm³/mol. The normalized spacial score (nSPS) is 11.5. The van der Waals surface area contributed by atoms with Crippen LogP contribution in [-0.4, -0.2) is 38.7 Å². The Morgan fingerprint density at radius 1 is 1.35 bits per heavy atom. The van der Waals surface area contributed by atoms with Crippen molar-refractivity contribution in [2.45, 2.75) is 33.6 Å². The van der Waals surface area contributed by atoms with Crippen LogP contribution in [0.4, 0.5) is 0 Å². The minimum Gasteiger partial charge on any atom is -0.469 e. The van der Waals surface area contributed by atoms with Crippen molar-refractivity contribution >= 4 is 11.9 Å². The van der Waals surface area contributed by atoms with Crippen LogP contribution in [0.25, 0.3) is 0 Å². The topological polar surface area (TPSA) is 62.7 Å². The van der Waals surface area contributed by atoms with Crippen LogP contribution in [0.2, 0.25) is 0 Å². The zero-order valence-electron chi connectivity index (χ0n) is 11.4. The molecule has 5 nitrogen and oxygen atoms in total. The van der Waals surface area contributed by atoms with E-state index in [2.05, 4.69) is 34.2 Å². The average molecular weight is 243 g/mol. The van der Waals surface area contributed by atoms with Crippen molar-refractivity contribution in [1.82, 2.24) is 10.6 Å². The molecule has 0 aromatic rings. The highest BCUT2D eigenvalue weighted by Crippen LogP contribution is 1.98. The van der Waals surface area contributed by atoms with Gasteiger partial charge in [0, 0.05) is 19.6 Å². The fourth-order valence-corrected chi connectivity index (χ4v) is 1.16. The summed E-state index contributed by atoms with van der Waals surface area (Å²) < 4.78 is 4.57. The van der Waals surface area contributed by atoms with E-state index in [1.54, 1.807) is 0 Å². The third-order valence-corrected chi connectivity index (χ3v) is 2.17. The minimum absolute atomic E-state index is 0.212. The summed E-state index contributed by atoms with van der Waals surface area (Å²) in [6.45, 7) is 8.51. The van der Waals surface area contributed by atoms with E-state index in [1.165, 1.54) is 7.11 Å². The number of hydrogen-bond acceptors (Lipinski definition) is 3. The minimum atomic E-state index is -0.212. The van der Waals surface area contributed by atoms with Gasteiger partial charge in [-0.2, -0.15) is 0 Å². The van der Waals surface area contributed by atoms with Crippen LogP contribution in [0.3, 0.4) is 0 Å². The van der Waals surface area contributed by atoms with E-state index in [-0.39, 0.29) is 5.97 Å². The maximum absolute atomic E-state index is 10.9. The van der Waals surface area contributed by atoms with Gasteiger partial charge in [-0.1, -0.05) is 13.8 Å². The number of hydrogen-bond donors (Lipinski definition) is 2. The maximum Gasteiger partial charge on any atom is 0.307 e. The molecule has 0 aliphatic carbocycles. The van der Waals surface area contributed by atoms with Crippen molar-refractivity contribution in [3.05, 3.63) is 0 Å². The number of methoxy groups -OCH3 is 1. The van der Waals surface area contributed by atoms with Gasteiger partial charge in [-0.15, -0.1) is 0 Å². The zero-order chi connectivity index (χ0) is 13.1. The van der Waals surface area contributed by atoms with Crippen molar-refractivity contribution < 1.29 is 9.53 Å². The van der Waals surface area contributed by atoms with E-state index >= 15 is 0 Å². The largest absolute Gasteiger partial charge is 0.469 e. The number of esters is 1. The first-order valence-corrected chi connectivity index (χ1v) is 6.19. The predicted octanol–water partition coefficient (Wildman–Crippen LogP) is 1.15. The number of rotatable bonds is 7. The van der Waals surface area contributed by atoms with Gasteiger partial charge < -0.3 is 15.4 Å². The molecule has 0 saturated heterocycles. The molecule has 0 spiro atoms. The lowest BCUT2D eigenvalue weighted by Crippen LogP contribution is -2.38. The van der Waals surface area contributed by atoms with Crippen molar-refractivity contribution in [3.63, 3.8) is 0 Å². The van der Waals surface area contributed by atoms with E-state index < -0.39 is 0 Å².